The Morgan fingerprint density at radius 3 is 2.60 bits per heavy atom. The second-order valence-corrected chi connectivity index (χ2v) is 9.10. The summed E-state index contributed by atoms with van der Waals surface area (Å²) in [6.45, 7) is 0. The van der Waals surface area contributed by atoms with E-state index in [0.29, 0.717) is 27.4 Å². The Hall–Kier alpha value is -4.18. The number of hydrogen-bond donors (Lipinski definition) is 2. The first-order valence-corrected chi connectivity index (χ1v) is 12.0. The number of nitrogens with one attached hydrogen (secondary N) is 2. The number of thioether (sulfide) groups is 1. The van der Waals surface area contributed by atoms with E-state index < -0.39 is 4.92 Å². The van der Waals surface area contributed by atoms with Gasteiger partial charge in [0, 0.05) is 35.1 Å². The van der Waals surface area contributed by atoms with E-state index in [4.69, 9.17) is 0 Å². The molecule has 1 fully saturated rings. The Balaban J connectivity index is 1.34. The maximum Gasteiger partial charge on any atom is 0.271 e. The monoisotopic (exact) mass is 487 g/mol. The number of nitro groups is 1. The SMILES string of the molecule is O=C(CSc1nc2cc([N+](=O)[O-])ccc2n1-c1ccccc1)Nc1cccc(C(=O)NC2CC2)c1. The number of fused-ring (bicyclic) bond motifs is 1. The second-order valence-electron chi connectivity index (χ2n) is 8.16. The molecule has 10 heteroatoms. The van der Waals surface area contributed by atoms with Crippen molar-refractivity contribution in [1.82, 2.24) is 14.9 Å². The van der Waals surface area contributed by atoms with Crippen LogP contribution >= 0.6 is 11.8 Å². The lowest BCUT2D eigenvalue weighted by molar-refractivity contribution is -0.384. The smallest absolute Gasteiger partial charge is 0.271 e. The predicted octanol–water partition coefficient (Wildman–Crippen LogP) is 4.56. The number of nitro benzene ring substituents is 1. The van der Waals surface area contributed by atoms with Gasteiger partial charge in [-0.2, -0.15) is 0 Å². The van der Waals surface area contributed by atoms with Crippen LogP contribution in [0.2, 0.25) is 0 Å². The van der Waals surface area contributed by atoms with Gasteiger partial charge in [-0.1, -0.05) is 36.0 Å². The molecule has 0 aliphatic heterocycles. The van der Waals surface area contributed by atoms with Gasteiger partial charge in [0.1, 0.15) is 0 Å². The average molecular weight is 488 g/mol. The number of imidazole rings is 1. The molecule has 1 saturated carbocycles. The summed E-state index contributed by atoms with van der Waals surface area (Å²) in [5, 5.41) is 17.5. The van der Waals surface area contributed by atoms with Crippen LogP contribution in [0, 0.1) is 10.1 Å². The standard InChI is InChI=1S/C25H21N5O4S/c31-23(26-18-6-4-5-16(13-18)24(32)27-17-9-10-17)15-35-25-28-21-14-20(30(33)34)11-12-22(21)29(25)19-7-2-1-3-8-19/h1-8,11-14,17H,9-10,15H2,(H,26,31)(H,27,32). The summed E-state index contributed by atoms with van der Waals surface area (Å²) in [5.41, 5.74) is 3.00. The lowest BCUT2D eigenvalue weighted by atomic mass is 10.2. The quantitative estimate of drug-likeness (QED) is 0.214. The number of non-ortho nitro benzene ring substituents is 1. The van der Waals surface area contributed by atoms with E-state index in [9.17, 15) is 19.7 Å². The molecule has 0 saturated heterocycles. The van der Waals surface area contributed by atoms with Gasteiger partial charge in [-0.05, 0) is 49.2 Å². The van der Waals surface area contributed by atoms with E-state index in [2.05, 4.69) is 15.6 Å². The maximum absolute atomic E-state index is 12.7. The number of hydrogen-bond acceptors (Lipinski definition) is 6. The fraction of sp³-hybridized carbons (Fsp3) is 0.160. The highest BCUT2D eigenvalue weighted by Crippen LogP contribution is 2.30. The molecule has 0 atom stereocenters. The van der Waals surface area contributed by atoms with Crippen LogP contribution in [0.3, 0.4) is 0 Å². The normalized spacial score (nSPS) is 12.9. The number of rotatable bonds is 8. The number of nitrogens with zero attached hydrogens (tertiary/aromatic N) is 3. The lowest BCUT2D eigenvalue weighted by Gasteiger charge is -2.10. The average Bonchev–Trinajstić information content (AvgIpc) is 3.60. The van der Waals surface area contributed by atoms with Gasteiger partial charge in [-0.15, -0.1) is 0 Å². The molecule has 0 radical (unpaired) electrons. The Bertz CT molecular complexity index is 1430. The zero-order valence-electron chi connectivity index (χ0n) is 18.5. The summed E-state index contributed by atoms with van der Waals surface area (Å²) in [7, 11) is 0. The molecule has 0 bridgehead atoms. The van der Waals surface area contributed by atoms with Crippen LogP contribution in [0.25, 0.3) is 16.7 Å². The number of para-hydroxylation sites is 1. The lowest BCUT2D eigenvalue weighted by Crippen LogP contribution is -2.25. The number of anilines is 1. The summed E-state index contributed by atoms with van der Waals surface area (Å²) in [6, 6.07) is 21.1. The Morgan fingerprint density at radius 2 is 1.86 bits per heavy atom. The van der Waals surface area contributed by atoms with Gasteiger partial charge in [-0.3, -0.25) is 24.3 Å². The molecule has 2 amide bonds. The van der Waals surface area contributed by atoms with Crippen molar-refractivity contribution in [1.29, 1.82) is 0 Å². The Morgan fingerprint density at radius 1 is 1.06 bits per heavy atom. The molecule has 1 aliphatic carbocycles. The van der Waals surface area contributed by atoms with Crippen LogP contribution in [-0.2, 0) is 4.79 Å². The van der Waals surface area contributed by atoms with E-state index >= 15 is 0 Å². The van der Waals surface area contributed by atoms with Crippen LogP contribution in [0.5, 0.6) is 0 Å². The highest BCUT2D eigenvalue weighted by Gasteiger charge is 2.24. The van der Waals surface area contributed by atoms with Gasteiger partial charge < -0.3 is 10.6 Å². The first-order valence-electron chi connectivity index (χ1n) is 11.0. The van der Waals surface area contributed by atoms with Crippen LogP contribution in [0.15, 0.2) is 78.0 Å². The first-order chi connectivity index (χ1) is 17.0. The van der Waals surface area contributed by atoms with Crippen molar-refractivity contribution < 1.29 is 14.5 Å². The number of carbonyl (C=O) groups is 2. The highest BCUT2D eigenvalue weighted by molar-refractivity contribution is 7.99. The summed E-state index contributed by atoms with van der Waals surface area (Å²) in [5.74, 6) is -0.340. The topological polar surface area (TPSA) is 119 Å². The van der Waals surface area contributed by atoms with E-state index in [1.165, 1.54) is 23.9 Å². The van der Waals surface area contributed by atoms with Gasteiger partial charge >= 0.3 is 0 Å². The molecular weight excluding hydrogens is 466 g/mol. The molecule has 4 aromatic rings. The molecule has 1 aliphatic rings. The number of benzene rings is 3. The third kappa shape index (κ3) is 5.17. The largest absolute Gasteiger partial charge is 0.349 e. The fourth-order valence-corrected chi connectivity index (χ4v) is 4.47. The Kier molecular flexibility index (Phi) is 6.19. The van der Waals surface area contributed by atoms with E-state index in [1.807, 2.05) is 34.9 Å². The molecule has 35 heavy (non-hydrogen) atoms. The molecule has 0 spiro atoms. The van der Waals surface area contributed by atoms with Gasteiger partial charge in [0.05, 0.1) is 21.7 Å². The third-order valence-corrected chi connectivity index (χ3v) is 6.42. The van der Waals surface area contributed by atoms with Gasteiger partial charge in [0.2, 0.25) is 5.91 Å². The van der Waals surface area contributed by atoms with Gasteiger partial charge in [0.15, 0.2) is 5.16 Å². The molecule has 1 heterocycles. The minimum absolute atomic E-state index is 0.0462. The third-order valence-electron chi connectivity index (χ3n) is 5.49. The van der Waals surface area contributed by atoms with Crippen molar-refractivity contribution in [2.24, 2.45) is 0 Å². The van der Waals surface area contributed by atoms with Crippen molar-refractivity contribution in [3.63, 3.8) is 0 Å². The molecule has 9 nitrogen and oxygen atoms in total. The first kappa shape index (κ1) is 22.6. The maximum atomic E-state index is 12.7. The van der Waals surface area contributed by atoms with Crippen LogP contribution in [-0.4, -0.2) is 38.1 Å². The van der Waals surface area contributed by atoms with Gasteiger partial charge in [-0.25, -0.2) is 4.98 Å². The van der Waals surface area contributed by atoms with E-state index in [-0.39, 0.29) is 29.3 Å². The molecule has 1 aromatic heterocycles. The number of amides is 2. The minimum Gasteiger partial charge on any atom is -0.349 e. The van der Waals surface area contributed by atoms with Crippen molar-refractivity contribution in [3.05, 3.63) is 88.5 Å². The summed E-state index contributed by atoms with van der Waals surface area (Å²) in [6.07, 6.45) is 2.00. The van der Waals surface area contributed by atoms with Crippen LogP contribution in [0.1, 0.15) is 23.2 Å². The zero-order chi connectivity index (χ0) is 24.4. The fourth-order valence-electron chi connectivity index (χ4n) is 3.65. The molecule has 2 N–H and O–H groups in total. The van der Waals surface area contributed by atoms with Crippen molar-refractivity contribution in [3.8, 4) is 5.69 Å². The van der Waals surface area contributed by atoms with Crippen molar-refractivity contribution in [2.75, 3.05) is 11.1 Å². The van der Waals surface area contributed by atoms with Crippen LogP contribution < -0.4 is 10.6 Å². The molecule has 5 rings (SSSR count). The van der Waals surface area contributed by atoms with E-state index in [1.54, 1.807) is 30.3 Å². The summed E-state index contributed by atoms with van der Waals surface area (Å²) in [4.78, 5) is 40.3. The van der Waals surface area contributed by atoms with Crippen LogP contribution in [0.4, 0.5) is 11.4 Å². The number of carbonyl (C=O) groups excluding carboxylic acids is 2. The summed E-state index contributed by atoms with van der Waals surface area (Å²) >= 11 is 1.23. The molecular formula is C25H21N5O4S. The minimum atomic E-state index is -0.458. The molecule has 176 valence electrons. The van der Waals surface area contributed by atoms with Crippen molar-refractivity contribution >= 4 is 46.0 Å². The molecule has 3 aromatic carbocycles. The number of aromatic nitrogens is 2. The van der Waals surface area contributed by atoms with E-state index in [0.717, 1.165) is 18.5 Å². The van der Waals surface area contributed by atoms with Crippen molar-refractivity contribution in [2.45, 2.75) is 24.0 Å². The molecule has 0 unspecified atom stereocenters. The second kappa shape index (κ2) is 9.59. The Labute approximate surface area is 204 Å². The predicted molar refractivity (Wildman–Crippen MR) is 134 cm³/mol. The summed E-state index contributed by atoms with van der Waals surface area (Å²) < 4.78 is 1.87. The van der Waals surface area contributed by atoms with Gasteiger partial charge in [0.25, 0.3) is 11.6 Å². The highest BCUT2D eigenvalue weighted by atomic mass is 32.2. The zero-order valence-corrected chi connectivity index (χ0v) is 19.3.